The van der Waals surface area contributed by atoms with Gasteiger partial charge >= 0.3 is 0 Å². The van der Waals surface area contributed by atoms with Crippen LogP contribution in [-0.2, 0) is 4.79 Å². The second-order valence-electron chi connectivity index (χ2n) is 5.39. The predicted octanol–water partition coefficient (Wildman–Crippen LogP) is 3.12. The van der Waals surface area contributed by atoms with E-state index in [2.05, 4.69) is 33.0 Å². The molecule has 2 heteroatoms. The van der Waals surface area contributed by atoms with E-state index in [4.69, 9.17) is 0 Å². The van der Waals surface area contributed by atoms with E-state index in [1.54, 1.807) is 0 Å². The van der Waals surface area contributed by atoms with Gasteiger partial charge in [-0.25, -0.2) is 0 Å². The summed E-state index contributed by atoms with van der Waals surface area (Å²) in [7, 11) is 0. The molecule has 0 aromatic rings. The van der Waals surface area contributed by atoms with Crippen LogP contribution in [0.3, 0.4) is 0 Å². The molecule has 1 fully saturated rings. The molecule has 0 aromatic heterocycles. The zero-order valence-corrected chi connectivity index (χ0v) is 10.6. The van der Waals surface area contributed by atoms with Crippen LogP contribution in [0, 0.1) is 11.3 Å². The van der Waals surface area contributed by atoms with Gasteiger partial charge in [-0.1, -0.05) is 34.1 Å². The highest BCUT2D eigenvalue weighted by molar-refractivity contribution is 5.80. The fourth-order valence-corrected chi connectivity index (χ4v) is 2.93. The zero-order chi connectivity index (χ0) is 11.5. The van der Waals surface area contributed by atoms with Crippen molar-refractivity contribution in [1.29, 1.82) is 0 Å². The maximum Gasteiger partial charge on any atom is 0.220 e. The third-order valence-electron chi connectivity index (χ3n) is 3.75. The average Bonchev–Trinajstić information content (AvgIpc) is 2.43. The van der Waals surface area contributed by atoms with Gasteiger partial charge in [0.2, 0.25) is 5.91 Å². The molecule has 1 N–H and O–H groups in total. The fourth-order valence-electron chi connectivity index (χ4n) is 2.93. The number of carbonyl (C=O) groups is 1. The molecule has 1 amide bonds. The molecule has 1 aliphatic rings. The lowest BCUT2D eigenvalue weighted by Gasteiger charge is -2.34. The van der Waals surface area contributed by atoms with E-state index in [1.807, 2.05) is 0 Å². The van der Waals surface area contributed by atoms with Gasteiger partial charge in [-0.15, -0.1) is 0 Å². The molecule has 0 radical (unpaired) electrons. The quantitative estimate of drug-likeness (QED) is 0.743. The van der Waals surface area contributed by atoms with Crippen LogP contribution < -0.4 is 5.32 Å². The Morgan fingerprint density at radius 2 is 2.13 bits per heavy atom. The fraction of sp³-hybridized carbons (Fsp3) is 0.923. The van der Waals surface area contributed by atoms with Gasteiger partial charge in [0.05, 0.1) is 0 Å². The van der Waals surface area contributed by atoms with Crippen LogP contribution in [0.4, 0.5) is 0 Å². The lowest BCUT2D eigenvalue weighted by atomic mass is 9.72. The molecule has 2 atom stereocenters. The first-order chi connectivity index (χ1) is 7.04. The minimum Gasteiger partial charge on any atom is -0.353 e. The monoisotopic (exact) mass is 211 g/mol. The molecular formula is C13H25NO. The van der Waals surface area contributed by atoms with E-state index < -0.39 is 0 Å². The largest absolute Gasteiger partial charge is 0.353 e. The third-order valence-corrected chi connectivity index (χ3v) is 3.75. The van der Waals surface area contributed by atoms with Crippen LogP contribution in [0.15, 0.2) is 0 Å². The smallest absolute Gasteiger partial charge is 0.220 e. The highest BCUT2D eigenvalue weighted by Gasteiger charge is 2.44. The molecular weight excluding hydrogens is 186 g/mol. The van der Waals surface area contributed by atoms with Crippen LogP contribution in [-0.4, -0.2) is 11.9 Å². The molecule has 0 bridgehead atoms. The Kier molecular flexibility index (Phi) is 4.18. The summed E-state index contributed by atoms with van der Waals surface area (Å²) in [6, 6.07) is 0.412. The van der Waals surface area contributed by atoms with E-state index in [0.29, 0.717) is 12.0 Å². The molecule has 15 heavy (non-hydrogen) atoms. The molecule has 1 heterocycles. The van der Waals surface area contributed by atoms with Crippen molar-refractivity contribution in [2.75, 3.05) is 0 Å². The van der Waals surface area contributed by atoms with Gasteiger partial charge < -0.3 is 5.32 Å². The molecule has 0 saturated carbocycles. The van der Waals surface area contributed by atoms with Crippen molar-refractivity contribution < 1.29 is 4.79 Å². The minimum absolute atomic E-state index is 0.246. The Bertz CT molecular complexity index is 225. The van der Waals surface area contributed by atoms with Crippen molar-refractivity contribution in [3.8, 4) is 0 Å². The van der Waals surface area contributed by atoms with Crippen LogP contribution in [0.1, 0.15) is 59.8 Å². The van der Waals surface area contributed by atoms with Crippen molar-refractivity contribution in [1.82, 2.24) is 5.32 Å². The van der Waals surface area contributed by atoms with E-state index in [1.165, 1.54) is 12.8 Å². The molecule has 2 nitrogen and oxygen atoms in total. The zero-order valence-electron chi connectivity index (χ0n) is 10.6. The van der Waals surface area contributed by atoms with Crippen molar-refractivity contribution in [3.05, 3.63) is 0 Å². The van der Waals surface area contributed by atoms with Crippen LogP contribution >= 0.6 is 0 Å². The molecule has 1 aliphatic heterocycles. The molecule has 0 aromatic carbocycles. The molecule has 1 rings (SSSR count). The van der Waals surface area contributed by atoms with Gasteiger partial charge in [-0.2, -0.15) is 0 Å². The normalized spacial score (nSPS) is 31.0. The third kappa shape index (κ3) is 2.73. The van der Waals surface area contributed by atoms with Crippen molar-refractivity contribution in [3.63, 3.8) is 0 Å². The molecule has 2 unspecified atom stereocenters. The number of hydrogen-bond acceptors (Lipinski definition) is 1. The Hall–Kier alpha value is -0.530. The Morgan fingerprint density at radius 3 is 2.60 bits per heavy atom. The number of amides is 1. The lowest BCUT2D eigenvalue weighted by molar-refractivity contribution is -0.119. The first-order valence-corrected chi connectivity index (χ1v) is 6.33. The van der Waals surface area contributed by atoms with Crippen molar-refractivity contribution >= 4 is 5.91 Å². The highest BCUT2D eigenvalue weighted by atomic mass is 16.2. The predicted molar refractivity (Wildman–Crippen MR) is 63.6 cm³/mol. The number of nitrogens with one attached hydrogen (secondary N) is 1. The van der Waals surface area contributed by atoms with Gasteiger partial charge in [0, 0.05) is 12.5 Å². The molecule has 88 valence electrons. The Balaban J connectivity index is 2.76. The van der Waals surface area contributed by atoms with Gasteiger partial charge in [-0.3, -0.25) is 4.79 Å². The summed E-state index contributed by atoms with van der Waals surface area (Å²) < 4.78 is 0. The van der Waals surface area contributed by atoms with Crippen LogP contribution in [0.2, 0.25) is 0 Å². The average molecular weight is 211 g/mol. The molecule has 0 aliphatic carbocycles. The van der Waals surface area contributed by atoms with E-state index in [0.717, 1.165) is 19.3 Å². The summed E-state index contributed by atoms with van der Waals surface area (Å²) in [4.78, 5) is 11.6. The van der Waals surface area contributed by atoms with Crippen LogP contribution in [0.5, 0.6) is 0 Å². The van der Waals surface area contributed by atoms with Gasteiger partial charge in [-0.05, 0) is 30.6 Å². The van der Waals surface area contributed by atoms with Crippen molar-refractivity contribution in [2.24, 2.45) is 11.3 Å². The maximum atomic E-state index is 11.6. The summed E-state index contributed by atoms with van der Waals surface area (Å²) in [6.45, 7) is 8.91. The number of hydrogen-bond donors (Lipinski definition) is 1. The van der Waals surface area contributed by atoms with E-state index >= 15 is 0 Å². The van der Waals surface area contributed by atoms with Crippen LogP contribution in [0.25, 0.3) is 0 Å². The maximum absolute atomic E-state index is 11.6. The van der Waals surface area contributed by atoms with Crippen molar-refractivity contribution in [2.45, 2.75) is 65.8 Å². The summed E-state index contributed by atoms with van der Waals surface area (Å²) in [5.41, 5.74) is 0.246. The Morgan fingerprint density at radius 1 is 1.47 bits per heavy atom. The number of carbonyl (C=O) groups excluding carboxylic acids is 1. The lowest BCUT2D eigenvalue weighted by Crippen LogP contribution is -2.38. The topological polar surface area (TPSA) is 29.1 Å². The Labute approximate surface area is 93.8 Å². The standard InChI is InChI=1S/C13H25NO/c1-5-7-13(6-2)9-12(15)14-11(13)8-10(3)4/h10-11H,5-9H2,1-4H3,(H,14,15). The molecule has 1 saturated heterocycles. The van der Waals surface area contributed by atoms with Gasteiger partial charge in [0.15, 0.2) is 0 Å². The van der Waals surface area contributed by atoms with Gasteiger partial charge in [0.25, 0.3) is 0 Å². The second-order valence-corrected chi connectivity index (χ2v) is 5.39. The SMILES string of the molecule is CCCC1(CC)CC(=O)NC1CC(C)C. The number of rotatable bonds is 5. The highest BCUT2D eigenvalue weighted by Crippen LogP contribution is 2.42. The van der Waals surface area contributed by atoms with E-state index in [9.17, 15) is 4.79 Å². The summed E-state index contributed by atoms with van der Waals surface area (Å²) in [5, 5.41) is 3.17. The minimum atomic E-state index is 0.246. The summed E-state index contributed by atoms with van der Waals surface area (Å²) in [5.74, 6) is 0.923. The summed E-state index contributed by atoms with van der Waals surface area (Å²) >= 11 is 0. The van der Waals surface area contributed by atoms with E-state index in [-0.39, 0.29) is 11.3 Å². The van der Waals surface area contributed by atoms with Gasteiger partial charge in [0.1, 0.15) is 0 Å². The summed E-state index contributed by atoms with van der Waals surface area (Å²) in [6.07, 6.45) is 5.35. The first kappa shape index (κ1) is 12.5. The first-order valence-electron chi connectivity index (χ1n) is 6.33. The molecule has 0 spiro atoms. The second kappa shape index (κ2) is 5.00.